The van der Waals surface area contributed by atoms with E-state index in [1.807, 2.05) is 60.5 Å². The largest absolute Gasteiger partial charge is 0.506 e. The number of esters is 1. The molecule has 1 unspecified atom stereocenters. The van der Waals surface area contributed by atoms with Gasteiger partial charge in [0.05, 0.1) is 96.4 Å². The lowest BCUT2D eigenvalue weighted by Gasteiger charge is -2.38. The highest BCUT2D eigenvalue weighted by Crippen LogP contribution is 2.34. The van der Waals surface area contributed by atoms with Gasteiger partial charge < -0.3 is 74.3 Å². The number of unbranched alkanes of at least 4 members (excludes halogenated alkanes) is 1. The smallest absolute Gasteiger partial charge is 0.306 e. The van der Waals surface area contributed by atoms with E-state index in [4.69, 9.17) is 37.9 Å². The van der Waals surface area contributed by atoms with E-state index in [9.17, 15) is 58.2 Å². The highest BCUT2D eigenvalue weighted by molar-refractivity contribution is 7.09. The zero-order valence-corrected chi connectivity index (χ0v) is 59.0. The number of hydrogen-bond donors (Lipinski definition) is 6. The van der Waals surface area contributed by atoms with Gasteiger partial charge in [-0.2, -0.15) is 0 Å². The first-order valence-corrected chi connectivity index (χ1v) is 33.8. The molecule has 540 valence electrons. The van der Waals surface area contributed by atoms with E-state index in [0.29, 0.717) is 90.9 Å². The number of aromatic nitrogens is 1. The van der Waals surface area contributed by atoms with Crippen LogP contribution in [-0.4, -0.2) is 240 Å². The van der Waals surface area contributed by atoms with Crippen molar-refractivity contribution in [2.45, 2.75) is 149 Å². The van der Waals surface area contributed by atoms with E-state index in [1.165, 1.54) is 31.4 Å². The first kappa shape index (κ1) is 83.4. The standard InChI is InChI=1S/C67H106N8O20S/c1-13-45(4)50(40-57(78)67(7,8)73(9)10)65(85)74(11)54(44(2)3)41-56(95-47(6)76)64-72-53(43-96-64)63(84)69-49(37-46(5)66(86)87)38-48-19-20-55(77)52(39-48)71-62(83)51(70-58(79)18-16-24-75-60(81)21-22-61(75)82)17-14-15-23-68-59(80)42-94-36-35-93-34-33-92-32-31-91-30-29-90-28-27-89-26-25-88-12/h19-22,39,43-46,49-51,54,56,77H,13-18,23-38,40-42H2,1-12H3,(H,68,80)(H,69,84)(H,70,79)(H,71,83)(H,86,87)/t45-,46?,49+,50-,51-,54+,56+/m0/s1. The molecule has 1 aliphatic heterocycles. The third-order valence-corrected chi connectivity index (χ3v) is 17.5. The molecule has 0 aliphatic carbocycles. The fourth-order valence-electron chi connectivity index (χ4n) is 10.0. The van der Waals surface area contributed by atoms with Crippen LogP contribution in [0.25, 0.3) is 0 Å². The molecule has 0 radical (unpaired) electrons. The molecule has 0 saturated heterocycles. The summed E-state index contributed by atoms with van der Waals surface area (Å²) in [6.07, 6.45) is 2.82. The monoisotopic (exact) mass is 1370 g/mol. The van der Waals surface area contributed by atoms with Gasteiger partial charge in [0, 0.05) is 89.0 Å². The molecule has 1 aliphatic rings. The van der Waals surface area contributed by atoms with Crippen molar-refractivity contribution in [2.75, 3.05) is 133 Å². The SMILES string of the molecule is CC[C@H](C)[C@H](CC(=O)C(C)(C)N(C)C)C(=O)N(C)[C@H](C[C@@H](OC(C)=O)c1nc(C(=O)N[C@@H](Cc2ccc(O)c(NC(=O)[C@H](CCCCNC(=O)COCCOCCOCCOCCOCCOCCOC)NC(=O)CCCN3C(=O)C=CC3=O)c2)CC(C)C(=O)O)cs1)C(C)C. The van der Waals surface area contributed by atoms with Crippen molar-refractivity contribution in [2.24, 2.45) is 23.7 Å². The third-order valence-electron chi connectivity index (χ3n) is 16.6. The number of Topliss-reactive ketones (excluding diaryl/α,β-unsaturated/α-hetero) is 1. The average molecular weight is 1380 g/mol. The molecule has 1 aromatic carbocycles. The van der Waals surface area contributed by atoms with Crippen LogP contribution >= 0.6 is 11.3 Å². The number of nitrogens with zero attached hydrogens (tertiary/aromatic N) is 4. The Balaban J connectivity index is 1.66. The molecule has 2 heterocycles. The molecule has 96 heavy (non-hydrogen) atoms. The second-order valence-corrected chi connectivity index (χ2v) is 25.7. The predicted molar refractivity (Wildman–Crippen MR) is 357 cm³/mol. The molecule has 0 bridgehead atoms. The van der Waals surface area contributed by atoms with Crippen molar-refractivity contribution in [3.05, 3.63) is 52.0 Å². The van der Waals surface area contributed by atoms with Gasteiger partial charge in [0.1, 0.15) is 29.1 Å². The molecule has 29 heteroatoms. The summed E-state index contributed by atoms with van der Waals surface area (Å²) in [5.41, 5.74) is -0.450. The van der Waals surface area contributed by atoms with E-state index in [0.717, 1.165) is 28.4 Å². The maximum Gasteiger partial charge on any atom is 0.306 e. The molecule has 6 N–H and O–H groups in total. The number of phenolic OH excluding ortho intramolecular Hbond substituents is 1. The van der Waals surface area contributed by atoms with Crippen molar-refractivity contribution >= 4 is 76.1 Å². The summed E-state index contributed by atoms with van der Waals surface area (Å²) in [5, 5.41) is 33.9. The van der Waals surface area contributed by atoms with Crippen LogP contribution in [0.4, 0.5) is 5.69 Å². The van der Waals surface area contributed by atoms with E-state index in [2.05, 4.69) is 26.3 Å². The second-order valence-electron chi connectivity index (χ2n) is 24.8. The fourth-order valence-corrected chi connectivity index (χ4v) is 10.9. The Morgan fingerprint density at radius 2 is 1.34 bits per heavy atom. The number of likely N-dealkylation sites (N-methyl/N-ethyl adjacent to an activating group) is 1. The Bertz CT molecular complexity index is 2800. The minimum Gasteiger partial charge on any atom is -0.506 e. The molecule has 2 aromatic rings. The van der Waals surface area contributed by atoms with Crippen molar-refractivity contribution in [1.29, 1.82) is 0 Å². The first-order chi connectivity index (χ1) is 45.6. The zero-order valence-electron chi connectivity index (χ0n) is 58.2. The number of phenols is 1. The number of ether oxygens (including phenoxy) is 8. The number of hydrogen-bond acceptors (Lipinski definition) is 22. The molecule has 7 amide bonds. The first-order valence-electron chi connectivity index (χ1n) is 32.9. The van der Waals surface area contributed by atoms with E-state index < -0.39 is 83.1 Å². The van der Waals surface area contributed by atoms with E-state index in [1.54, 1.807) is 25.1 Å². The lowest BCUT2D eigenvalue weighted by molar-refractivity contribution is -0.150. The second kappa shape index (κ2) is 44.9. The normalized spacial score (nSPS) is 14.6. The van der Waals surface area contributed by atoms with Crippen LogP contribution in [-0.2, 0) is 87.5 Å². The van der Waals surface area contributed by atoms with Gasteiger partial charge in [-0.05, 0) is 96.0 Å². The number of carbonyl (C=O) groups is 10. The van der Waals surface area contributed by atoms with Crippen molar-refractivity contribution in [3.63, 3.8) is 0 Å². The minimum atomic E-state index is -1.17. The van der Waals surface area contributed by atoms with Gasteiger partial charge in [0.15, 0.2) is 11.9 Å². The van der Waals surface area contributed by atoms with Gasteiger partial charge in [-0.15, -0.1) is 11.3 Å². The van der Waals surface area contributed by atoms with Crippen LogP contribution in [0.15, 0.2) is 35.7 Å². The summed E-state index contributed by atoms with van der Waals surface area (Å²) >= 11 is 1.07. The molecular formula is C67H106N8O20S. The van der Waals surface area contributed by atoms with Crippen molar-refractivity contribution in [3.8, 4) is 5.75 Å². The Kier molecular flexibility index (Phi) is 39.0. The summed E-state index contributed by atoms with van der Waals surface area (Å²) in [6.45, 7) is 18.9. The summed E-state index contributed by atoms with van der Waals surface area (Å²) in [6, 6.07) is 1.80. The highest BCUT2D eigenvalue weighted by Gasteiger charge is 2.39. The molecule has 3 rings (SSSR count). The number of nitrogens with one attached hydrogen (secondary N) is 4. The van der Waals surface area contributed by atoms with Crippen molar-refractivity contribution < 1.29 is 96.1 Å². The van der Waals surface area contributed by atoms with Gasteiger partial charge >= 0.3 is 11.9 Å². The maximum atomic E-state index is 14.5. The quantitative estimate of drug-likeness (QED) is 0.0222. The number of carboxylic acids is 1. The number of aromatic hydroxyl groups is 1. The number of benzene rings is 1. The van der Waals surface area contributed by atoms with Crippen LogP contribution in [0.5, 0.6) is 5.75 Å². The number of carbonyl (C=O) groups excluding carboxylic acids is 9. The number of amides is 7. The summed E-state index contributed by atoms with van der Waals surface area (Å²) in [7, 11) is 6.93. The topological polar surface area (TPSA) is 356 Å². The number of thiazole rings is 1. The minimum absolute atomic E-state index is 0.00672. The van der Waals surface area contributed by atoms with E-state index in [-0.39, 0.29) is 129 Å². The predicted octanol–water partition coefficient (Wildman–Crippen LogP) is 4.90. The molecule has 1 aromatic heterocycles. The van der Waals surface area contributed by atoms with Gasteiger partial charge in [-0.3, -0.25) is 57.7 Å². The average Bonchev–Trinajstić information content (AvgIpc) is 1.25. The van der Waals surface area contributed by atoms with Gasteiger partial charge in [0.25, 0.3) is 17.7 Å². The lowest BCUT2D eigenvalue weighted by atomic mass is 9.81. The van der Waals surface area contributed by atoms with Gasteiger partial charge in [0.2, 0.25) is 23.6 Å². The number of anilines is 1. The van der Waals surface area contributed by atoms with Crippen LogP contribution in [0, 0.1) is 23.7 Å². The summed E-state index contributed by atoms with van der Waals surface area (Å²) in [5.74, 6) is -7.52. The Morgan fingerprint density at radius 1 is 0.760 bits per heavy atom. The fraction of sp³-hybridized carbons (Fsp3) is 0.687. The maximum absolute atomic E-state index is 14.5. The van der Waals surface area contributed by atoms with Crippen LogP contribution < -0.4 is 21.3 Å². The van der Waals surface area contributed by atoms with Crippen molar-refractivity contribution in [1.82, 2.24) is 35.6 Å². The Labute approximate surface area is 568 Å². The Morgan fingerprint density at radius 3 is 1.89 bits per heavy atom. The van der Waals surface area contributed by atoms with Gasteiger partial charge in [-0.25, -0.2) is 4.98 Å². The third kappa shape index (κ3) is 30.7. The number of aliphatic carboxylic acids is 1. The molecule has 0 spiro atoms. The zero-order chi connectivity index (χ0) is 71.3. The van der Waals surface area contributed by atoms with E-state index >= 15 is 0 Å². The summed E-state index contributed by atoms with van der Waals surface area (Å²) < 4.78 is 43.4. The molecular weight excluding hydrogens is 1270 g/mol. The van der Waals surface area contributed by atoms with Crippen LogP contribution in [0.3, 0.4) is 0 Å². The van der Waals surface area contributed by atoms with Crippen LogP contribution in [0.1, 0.15) is 140 Å². The summed E-state index contributed by atoms with van der Waals surface area (Å²) in [4.78, 5) is 140. The molecule has 0 fully saturated rings. The van der Waals surface area contributed by atoms with Gasteiger partial charge in [-0.1, -0.05) is 47.1 Å². The molecule has 7 atom stereocenters. The number of methoxy groups -OCH3 is 1. The number of ketones is 1. The lowest BCUT2D eigenvalue weighted by Crippen LogP contribution is -2.50. The number of rotatable bonds is 52. The highest BCUT2D eigenvalue weighted by atomic mass is 32.1. The number of carboxylic acid groups (broad SMARTS) is 1. The molecule has 0 saturated carbocycles. The van der Waals surface area contributed by atoms with Crippen LogP contribution in [0.2, 0.25) is 0 Å². The number of imide groups is 1. The molecule has 28 nitrogen and oxygen atoms in total. The Hall–Kier alpha value is -6.83.